The summed E-state index contributed by atoms with van der Waals surface area (Å²) in [6.45, 7) is 7.90. The van der Waals surface area contributed by atoms with Gasteiger partial charge in [-0.1, -0.05) is 19.1 Å². The molecule has 19 nitrogen and oxygen atoms in total. The standard InChI is InChI=1S/C36H40N12O7/c1-5-23-29(55-20(4)40-23)34(53)44-35-41-24-15-21(30(37)50)17-27(54-13-9-12-49)28(24)46(35)10-7-8-11-47-32-25(16-22(18-39-32)31(38)51)42-36(47)43-33(52)26-14-19(3)45-48(26)6-2/h7-8,14-18,49H,5-6,9-13H2,1-4H3,(H2,37,50)(H2,38,51)(H,41,44,53)(H,42,43,52)/b8-7+. The molecule has 55 heavy (non-hydrogen) atoms. The van der Waals surface area contributed by atoms with E-state index in [1.807, 2.05) is 13.8 Å². The third-order valence-electron chi connectivity index (χ3n) is 8.49. The van der Waals surface area contributed by atoms with Crippen LogP contribution in [0, 0.1) is 13.8 Å². The van der Waals surface area contributed by atoms with Gasteiger partial charge < -0.3 is 30.3 Å². The first-order chi connectivity index (χ1) is 26.4. The van der Waals surface area contributed by atoms with Crippen molar-refractivity contribution in [2.75, 3.05) is 23.8 Å². The van der Waals surface area contributed by atoms with E-state index in [0.29, 0.717) is 64.6 Å². The predicted octanol–water partition coefficient (Wildman–Crippen LogP) is 2.88. The molecule has 0 saturated carbocycles. The zero-order valence-electron chi connectivity index (χ0n) is 30.6. The summed E-state index contributed by atoms with van der Waals surface area (Å²) in [6, 6.07) is 6.14. The Labute approximate surface area is 313 Å². The molecule has 286 valence electrons. The number of aliphatic hydroxyl groups excluding tert-OH is 1. The number of amides is 4. The summed E-state index contributed by atoms with van der Waals surface area (Å²) in [5.41, 5.74) is 14.3. The van der Waals surface area contributed by atoms with Crippen LogP contribution in [-0.4, -0.2) is 80.8 Å². The number of nitrogens with zero attached hydrogens (tertiary/aromatic N) is 8. The van der Waals surface area contributed by atoms with Gasteiger partial charge in [0, 0.05) is 51.3 Å². The molecule has 0 radical (unpaired) electrons. The first kappa shape index (κ1) is 37.9. The molecule has 1 aromatic carbocycles. The van der Waals surface area contributed by atoms with Crippen molar-refractivity contribution in [3.63, 3.8) is 0 Å². The number of primary amides is 2. The summed E-state index contributed by atoms with van der Waals surface area (Å²) in [4.78, 5) is 69.0. The number of anilines is 2. The Morgan fingerprint density at radius 3 is 2.25 bits per heavy atom. The smallest absolute Gasteiger partial charge is 0.295 e. The molecule has 0 bridgehead atoms. The first-order valence-electron chi connectivity index (χ1n) is 17.4. The molecule has 0 unspecified atom stereocenters. The van der Waals surface area contributed by atoms with Gasteiger partial charge in [-0.2, -0.15) is 5.10 Å². The van der Waals surface area contributed by atoms with Crippen LogP contribution in [0.4, 0.5) is 11.9 Å². The summed E-state index contributed by atoms with van der Waals surface area (Å²) < 4.78 is 16.5. The second-order valence-electron chi connectivity index (χ2n) is 12.4. The predicted molar refractivity (Wildman–Crippen MR) is 200 cm³/mol. The van der Waals surface area contributed by atoms with E-state index in [-0.39, 0.29) is 60.8 Å². The van der Waals surface area contributed by atoms with Gasteiger partial charge in [0.2, 0.25) is 29.5 Å². The highest BCUT2D eigenvalue weighted by atomic mass is 16.5. The van der Waals surface area contributed by atoms with E-state index in [1.54, 1.807) is 45.9 Å². The molecule has 19 heteroatoms. The van der Waals surface area contributed by atoms with E-state index in [9.17, 15) is 24.3 Å². The zero-order chi connectivity index (χ0) is 39.4. The van der Waals surface area contributed by atoms with Gasteiger partial charge in [0.05, 0.1) is 29.1 Å². The van der Waals surface area contributed by atoms with Gasteiger partial charge in [0.15, 0.2) is 11.5 Å². The summed E-state index contributed by atoms with van der Waals surface area (Å²) >= 11 is 0. The van der Waals surface area contributed by atoms with Crippen LogP contribution in [0.2, 0.25) is 0 Å². The summed E-state index contributed by atoms with van der Waals surface area (Å²) in [7, 11) is 0. The fraction of sp³-hybridized carbons (Fsp3) is 0.306. The highest BCUT2D eigenvalue weighted by molar-refractivity contribution is 6.05. The van der Waals surface area contributed by atoms with Crippen LogP contribution >= 0.6 is 0 Å². The third-order valence-corrected chi connectivity index (χ3v) is 8.49. The number of nitrogens with one attached hydrogen (secondary N) is 2. The van der Waals surface area contributed by atoms with Crippen LogP contribution in [0.15, 0.2) is 47.0 Å². The van der Waals surface area contributed by atoms with Gasteiger partial charge in [-0.05, 0) is 44.5 Å². The summed E-state index contributed by atoms with van der Waals surface area (Å²) in [5.74, 6) is -1.52. The number of aryl methyl sites for hydroxylation is 4. The van der Waals surface area contributed by atoms with Crippen molar-refractivity contribution in [3.05, 3.63) is 82.5 Å². The lowest BCUT2D eigenvalue weighted by molar-refractivity contribution is 0.0987. The number of oxazole rings is 1. The summed E-state index contributed by atoms with van der Waals surface area (Å²) in [5, 5.41) is 19.4. The fourth-order valence-corrected chi connectivity index (χ4v) is 5.96. The number of rotatable bonds is 16. The Morgan fingerprint density at radius 2 is 1.56 bits per heavy atom. The Balaban J connectivity index is 1.38. The molecular formula is C36H40N12O7. The van der Waals surface area contributed by atoms with Crippen molar-refractivity contribution in [1.29, 1.82) is 0 Å². The lowest BCUT2D eigenvalue weighted by Crippen LogP contribution is -2.20. The molecule has 6 rings (SSSR count). The van der Waals surface area contributed by atoms with Gasteiger partial charge in [-0.25, -0.2) is 19.9 Å². The van der Waals surface area contributed by atoms with E-state index in [4.69, 9.17) is 20.6 Å². The lowest BCUT2D eigenvalue weighted by Gasteiger charge is -2.12. The minimum Gasteiger partial charge on any atom is -0.491 e. The Morgan fingerprint density at radius 1 is 0.891 bits per heavy atom. The van der Waals surface area contributed by atoms with E-state index in [2.05, 4.69) is 35.7 Å². The number of aromatic nitrogens is 8. The average Bonchev–Trinajstić information content (AvgIpc) is 3.92. The maximum Gasteiger partial charge on any atom is 0.295 e. The molecule has 5 aromatic heterocycles. The fourth-order valence-electron chi connectivity index (χ4n) is 5.96. The number of pyridine rings is 1. The Bertz CT molecular complexity index is 2470. The molecule has 0 aliphatic carbocycles. The minimum atomic E-state index is -0.708. The quantitative estimate of drug-likeness (QED) is 0.0706. The van der Waals surface area contributed by atoms with Gasteiger partial charge in [0.25, 0.3) is 11.8 Å². The molecule has 5 heterocycles. The topological polar surface area (TPSA) is 266 Å². The van der Waals surface area contributed by atoms with Crippen LogP contribution in [0.3, 0.4) is 0 Å². The Kier molecular flexibility index (Phi) is 11.0. The molecule has 0 spiro atoms. The second-order valence-corrected chi connectivity index (χ2v) is 12.4. The lowest BCUT2D eigenvalue weighted by atomic mass is 10.1. The monoisotopic (exact) mass is 752 g/mol. The number of hydrogen-bond donors (Lipinski definition) is 5. The van der Waals surface area contributed by atoms with Crippen molar-refractivity contribution in [1.82, 2.24) is 38.9 Å². The van der Waals surface area contributed by atoms with Crippen LogP contribution in [-0.2, 0) is 26.1 Å². The van der Waals surface area contributed by atoms with E-state index in [0.717, 1.165) is 0 Å². The normalized spacial score (nSPS) is 11.5. The van der Waals surface area contributed by atoms with Crippen molar-refractivity contribution in [2.45, 2.75) is 60.2 Å². The van der Waals surface area contributed by atoms with Gasteiger partial charge in [-0.3, -0.25) is 39.1 Å². The third kappa shape index (κ3) is 7.91. The van der Waals surface area contributed by atoms with E-state index < -0.39 is 23.6 Å². The molecule has 0 fully saturated rings. The van der Waals surface area contributed by atoms with Crippen molar-refractivity contribution in [3.8, 4) is 5.75 Å². The van der Waals surface area contributed by atoms with Crippen molar-refractivity contribution >= 4 is 57.7 Å². The summed E-state index contributed by atoms with van der Waals surface area (Å²) in [6.07, 6.45) is 5.68. The maximum atomic E-state index is 13.5. The molecule has 0 atom stereocenters. The SMILES string of the molecule is CCc1nc(C)oc1C(=O)Nc1nc2cc(C(N)=O)cc(OCCCO)c2n1C/C=C/Cn1c(NC(=O)c2cc(C)nn2CC)nc2cc(C(N)=O)cnc21. The second kappa shape index (κ2) is 16.0. The van der Waals surface area contributed by atoms with Gasteiger partial charge in [0.1, 0.15) is 22.5 Å². The number of allylic oxidation sites excluding steroid dienone is 2. The molecule has 0 aliphatic heterocycles. The highest BCUT2D eigenvalue weighted by Crippen LogP contribution is 2.32. The van der Waals surface area contributed by atoms with Crippen molar-refractivity contribution < 1.29 is 33.4 Å². The number of nitrogens with two attached hydrogens (primary N) is 2. The number of aliphatic hydroxyl groups is 1. The number of carbonyl (C=O) groups is 4. The number of ether oxygens (including phenoxy) is 1. The van der Waals surface area contributed by atoms with Crippen LogP contribution < -0.4 is 26.8 Å². The highest BCUT2D eigenvalue weighted by Gasteiger charge is 2.24. The largest absolute Gasteiger partial charge is 0.491 e. The number of fused-ring (bicyclic) bond motifs is 2. The Hall–Kier alpha value is -6.89. The number of carbonyl (C=O) groups excluding carboxylic acids is 4. The van der Waals surface area contributed by atoms with E-state index in [1.165, 1.54) is 24.4 Å². The molecule has 7 N–H and O–H groups in total. The van der Waals surface area contributed by atoms with Crippen LogP contribution in [0.5, 0.6) is 5.75 Å². The minimum absolute atomic E-state index is 0.0390. The maximum absolute atomic E-state index is 13.5. The zero-order valence-corrected chi connectivity index (χ0v) is 30.6. The van der Waals surface area contributed by atoms with E-state index >= 15 is 0 Å². The molecular weight excluding hydrogens is 712 g/mol. The van der Waals surface area contributed by atoms with Crippen LogP contribution in [0.1, 0.15) is 79.3 Å². The van der Waals surface area contributed by atoms with Crippen LogP contribution in [0.25, 0.3) is 22.2 Å². The molecule has 0 aliphatic rings. The number of benzene rings is 1. The number of imidazole rings is 2. The van der Waals surface area contributed by atoms with Gasteiger partial charge >= 0.3 is 0 Å². The molecule has 4 amide bonds. The first-order valence-corrected chi connectivity index (χ1v) is 17.4. The molecule has 0 saturated heterocycles. The number of hydrogen-bond acceptors (Lipinski definition) is 12. The molecule has 6 aromatic rings. The van der Waals surface area contributed by atoms with Crippen molar-refractivity contribution in [2.24, 2.45) is 11.5 Å². The average molecular weight is 753 g/mol. The van der Waals surface area contributed by atoms with Gasteiger partial charge in [-0.15, -0.1) is 0 Å².